The van der Waals surface area contributed by atoms with E-state index in [0.29, 0.717) is 10.8 Å². The standard InChI is InChI=1S/C13H8FN3O3/c1-20-13-9-8-4-6(14)2-3-7(8)12(18)11(17-19)10(9)15-5-16-13/h2-5,18H,1H3. The third kappa shape index (κ3) is 1.56. The van der Waals surface area contributed by atoms with Crippen molar-refractivity contribution in [3.05, 3.63) is 35.3 Å². The van der Waals surface area contributed by atoms with E-state index in [1.54, 1.807) is 0 Å². The van der Waals surface area contributed by atoms with Gasteiger partial charge >= 0.3 is 0 Å². The van der Waals surface area contributed by atoms with Crippen molar-refractivity contribution in [3.8, 4) is 11.6 Å². The van der Waals surface area contributed by atoms with Gasteiger partial charge < -0.3 is 9.84 Å². The minimum Gasteiger partial charge on any atom is -0.505 e. The summed E-state index contributed by atoms with van der Waals surface area (Å²) in [6.45, 7) is 0. The molecular formula is C13H8FN3O3. The molecule has 1 heterocycles. The SMILES string of the molecule is COc1ncnc2c(N=O)c(O)c3ccc(F)cc3c12. The van der Waals surface area contributed by atoms with Gasteiger partial charge in [0.1, 0.15) is 17.7 Å². The van der Waals surface area contributed by atoms with Crippen LogP contribution in [-0.2, 0) is 0 Å². The molecule has 0 saturated heterocycles. The number of methoxy groups -OCH3 is 1. The Kier molecular flexibility index (Phi) is 2.67. The number of benzene rings is 2. The van der Waals surface area contributed by atoms with Crippen LogP contribution in [0, 0.1) is 10.7 Å². The highest BCUT2D eigenvalue weighted by Gasteiger charge is 2.19. The van der Waals surface area contributed by atoms with Gasteiger partial charge in [-0.05, 0) is 23.4 Å². The predicted octanol–water partition coefficient (Wildman–Crippen LogP) is 3.03. The third-order valence-corrected chi connectivity index (χ3v) is 3.05. The van der Waals surface area contributed by atoms with Crippen LogP contribution in [0.15, 0.2) is 29.7 Å². The molecule has 0 atom stereocenters. The number of phenolic OH excluding ortho intramolecular Hbond substituents is 1. The van der Waals surface area contributed by atoms with Crippen LogP contribution < -0.4 is 4.74 Å². The first-order chi connectivity index (χ1) is 9.67. The molecule has 1 aromatic heterocycles. The average Bonchev–Trinajstić information content (AvgIpc) is 2.47. The van der Waals surface area contributed by atoms with Crippen molar-refractivity contribution < 1.29 is 14.2 Å². The van der Waals surface area contributed by atoms with Crippen LogP contribution in [0.5, 0.6) is 11.6 Å². The number of phenols is 1. The maximum absolute atomic E-state index is 13.5. The highest BCUT2D eigenvalue weighted by molar-refractivity contribution is 6.16. The molecule has 0 unspecified atom stereocenters. The number of hydrogen-bond acceptors (Lipinski definition) is 6. The van der Waals surface area contributed by atoms with E-state index in [4.69, 9.17) is 4.74 Å². The fourth-order valence-electron chi connectivity index (χ4n) is 2.20. The molecule has 0 aliphatic heterocycles. The zero-order chi connectivity index (χ0) is 14.3. The van der Waals surface area contributed by atoms with Gasteiger partial charge in [-0.25, -0.2) is 14.4 Å². The van der Waals surface area contributed by atoms with Crippen LogP contribution in [0.3, 0.4) is 0 Å². The number of rotatable bonds is 2. The highest BCUT2D eigenvalue weighted by atomic mass is 19.1. The number of halogens is 1. The maximum atomic E-state index is 13.5. The van der Waals surface area contributed by atoms with Gasteiger partial charge in [-0.15, -0.1) is 4.91 Å². The lowest BCUT2D eigenvalue weighted by Crippen LogP contribution is -1.93. The van der Waals surface area contributed by atoms with Crippen LogP contribution in [0.2, 0.25) is 0 Å². The molecule has 0 amide bonds. The fourth-order valence-corrected chi connectivity index (χ4v) is 2.20. The lowest BCUT2D eigenvalue weighted by Gasteiger charge is -2.10. The predicted molar refractivity (Wildman–Crippen MR) is 70.7 cm³/mol. The van der Waals surface area contributed by atoms with Gasteiger partial charge in [0, 0.05) is 10.8 Å². The first-order valence-corrected chi connectivity index (χ1v) is 5.63. The summed E-state index contributed by atoms with van der Waals surface area (Å²) in [6, 6.07) is 3.76. The van der Waals surface area contributed by atoms with Gasteiger partial charge in [0.2, 0.25) is 5.88 Å². The summed E-state index contributed by atoms with van der Waals surface area (Å²) < 4.78 is 18.6. The van der Waals surface area contributed by atoms with Crippen LogP contribution >= 0.6 is 0 Å². The van der Waals surface area contributed by atoms with Crippen molar-refractivity contribution in [2.75, 3.05) is 7.11 Å². The fraction of sp³-hybridized carbons (Fsp3) is 0.0769. The molecule has 3 rings (SSSR count). The summed E-state index contributed by atoms with van der Waals surface area (Å²) in [5, 5.41) is 13.9. The molecule has 20 heavy (non-hydrogen) atoms. The first kappa shape index (κ1) is 12.2. The second kappa shape index (κ2) is 4.37. The third-order valence-electron chi connectivity index (χ3n) is 3.05. The molecule has 0 saturated carbocycles. The van der Waals surface area contributed by atoms with E-state index in [1.807, 2.05) is 0 Å². The summed E-state index contributed by atoms with van der Waals surface area (Å²) in [4.78, 5) is 18.8. The minimum absolute atomic E-state index is 0.113. The second-order valence-corrected chi connectivity index (χ2v) is 4.08. The van der Waals surface area contributed by atoms with Crippen LogP contribution in [0.25, 0.3) is 21.7 Å². The highest BCUT2D eigenvalue weighted by Crippen LogP contribution is 2.44. The van der Waals surface area contributed by atoms with Crippen molar-refractivity contribution >= 4 is 27.4 Å². The number of fused-ring (bicyclic) bond motifs is 3. The van der Waals surface area contributed by atoms with Gasteiger partial charge in [-0.1, -0.05) is 0 Å². The summed E-state index contributed by atoms with van der Waals surface area (Å²) in [5.74, 6) is -0.658. The van der Waals surface area contributed by atoms with Gasteiger partial charge in [-0.2, -0.15) is 0 Å². The molecule has 0 bridgehead atoms. The number of ether oxygens (including phenoxy) is 1. The normalized spacial score (nSPS) is 10.9. The van der Waals surface area contributed by atoms with Crippen molar-refractivity contribution in [2.45, 2.75) is 0 Å². The smallest absolute Gasteiger partial charge is 0.224 e. The lowest BCUT2D eigenvalue weighted by molar-refractivity contribution is 0.403. The molecular weight excluding hydrogens is 265 g/mol. The molecule has 1 N–H and O–H groups in total. The van der Waals surface area contributed by atoms with E-state index < -0.39 is 5.82 Å². The Morgan fingerprint density at radius 1 is 1.30 bits per heavy atom. The zero-order valence-corrected chi connectivity index (χ0v) is 10.3. The van der Waals surface area contributed by atoms with Crippen molar-refractivity contribution in [1.29, 1.82) is 0 Å². The monoisotopic (exact) mass is 273 g/mol. The van der Waals surface area contributed by atoms with E-state index in [-0.39, 0.29) is 28.2 Å². The van der Waals surface area contributed by atoms with Crippen molar-refractivity contribution in [1.82, 2.24) is 9.97 Å². The van der Waals surface area contributed by atoms with Crippen molar-refractivity contribution in [2.24, 2.45) is 5.18 Å². The molecule has 3 aromatic rings. The molecule has 0 aliphatic rings. The molecule has 0 radical (unpaired) electrons. The Labute approximate surface area is 111 Å². The summed E-state index contributed by atoms with van der Waals surface area (Å²) in [7, 11) is 1.40. The van der Waals surface area contributed by atoms with Gasteiger partial charge in [0.15, 0.2) is 11.4 Å². The van der Waals surface area contributed by atoms with Crippen LogP contribution in [0.4, 0.5) is 10.1 Å². The Morgan fingerprint density at radius 2 is 2.10 bits per heavy atom. The summed E-state index contributed by atoms with van der Waals surface area (Å²) in [5.41, 5.74) is -0.109. The van der Waals surface area contributed by atoms with Gasteiger partial charge in [0.05, 0.1) is 12.5 Å². The topological polar surface area (TPSA) is 84.7 Å². The number of nitroso groups, excluding NO2 is 1. The Morgan fingerprint density at radius 3 is 2.80 bits per heavy atom. The van der Waals surface area contributed by atoms with Gasteiger partial charge in [-0.3, -0.25) is 0 Å². The lowest BCUT2D eigenvalue weighted by atomic mass is 10.0. The Hall–Kier alpha value is -2.83. The van der Waals surface area contributed by atoms with E-state index in [9.17, 15) is 14.4 Å². The maximum Gasteiger partial charge on any atom is 0.224 e. The molecule has 0 spiro atoms. The number of nitrogens with zero attached hydrogens (tertiary/aromatic N) is 3. The van der Waals surface area contributed by atoms with Crippen LogP contribution in [0.1, 0.15) is 0 Å². The minimum atomic E-state index is -0.490. The molecule has 0 aliphatic carbocycles. The Balaban J connectivity index is 2.68. The first-order valence-electron chi connectivity index (χ1n) is 5.63. The number of aromatic hydroxyl groups is 1. The van der Waals surface area contributed by atoms with E-state index in [0.717, 1.165) is 0 Å². The van der Waals surface area contributed by atoms with Gasteiger partial charge in [0.25, 0.3) is 0 Å². The zero-order valence-electron chi connectivity index (χ0n) is 10.3. The summed E-state index contributed by atoms with van der Waals surface area (Å²) in [6.07, 6.45) is 1.18. The largest absolute Gasteiger partial charge is 0.505 e. The van der Waals surface area contributed by atoms with E-state index in [2.05, 4.69) is 15.1 Å². The molecule has 7 heteroatoms. The second-order valence-electron chi connectivity index (χ2n) is 4.08. The molecule has 6 nitrogen and oxygen atoms in total. The number of aromatic nitrogens is 2. The molecule has 2 aromatic carbocycles. The summed E-state index contributed by atoms with van der Waals surface area (Å²) >= 11 is 0. The number of hydrogen-bond donors (Lipinski definition) is 1. The van der Waals surface area contributed by atoms with Crippen LogP contribution in [-0.4, -0.2) is 22.2 Å². The average molecular weight is 273 g/mol. The molecule has 100 valence electrons. The Bertz CT molecular complexity index is 851. The van der Waals surface area contributed by atoms with E-state index in [1.165, 1.54) is 31.6 Å². The quantitative estimate of drug-likeness (QED) is 0.573. The van der Waals surface area contributed by atoms with Crippen molar-refractivity contribution in [3.63, 3.8) is 0 Å². The molecule has 0 fully saturated rings. The van der Waals surface area contributed by atoms with E-state index >= 15 is 0 Å².